The number of ketones is 1. The minimum Gasteiger partial charge on any atom is -0.461 e. The van der Waals surface area contributed by atoms with Gasteiger partial charge in [-0.05, 0) is 51.5 Å². The lowest BCUT2D eigenvalue weighted by atomic mass is 9.58. The fraction of sp³-hybridized carbons (Fsp3) is 0.692. The molecule has 0 amide bonds. The summed E-state index contributed by atoms with van der Waals surface area (Å²) in [4.78, 5) is 25.4. The summed E-state index contributed by atoms with van der Waals surface area (Å²) in [7, 11) is 0. The largest absolute Gasteiger partial charge is 0.461 e. The van der Waals surface area contributed by atoms with E-state index < -0.39 is 30.2 Å². The minimum atomic E-state index is -0.950. The average Bonchev–Trinajstić information content (AvgIpc) is 3.49. The number of hydrogen-bond acceptors (Lipinski definition) is 6. The van der Waals surface area contributed by atoms with Crippen molar-refractivity contribution in [2.24, 2.45) is 17.3 Å². The van der Waals surface area contributed by atoms with Crippen molar-refractivity contribution in [3.8, 4) is 0 Å². The van der Waals surface area contributed by atoms with Gasteiger partial charge in [0, 0.05) is 18.8 Å². The van der Waals surface area contributed by atoms with E-state index in [1.54, 1.807) is 13.8 Å². The molecule has 0 radical (unpaired) electrons. The van der Waals surface area contributed by atoms with Crippen LogP contribution in [0.2, 0.25) is 0 Å². The van der Waals surface area contributed by atoms with Crippen molar-refractivity contribution < 1.29 is 29.3 Å². The molecule has 0 aromatic heterocycles. The lowest BCUT2D eigenvalue weighted by molar-refractivity contribution is -0.163. The summed E-state index contributed by atoms with van der Waals surface area (Å²) in [5.41, 5.74) is 2.89. The molecule has 3 rings (SSSR count). The van der Waals surface area contributed by atoms with E-state index in [0.717, 1.165) is 16.7 Å². The fourth-order valence-electron chi connectivity index (χ4n) is 4.95. The van der Waals surface area contributed by atoms with Crippen LogP contribution in [0.1, 0.15) is 67.2 Å². The number of rotatable bonds is 7. The third-order valence-electron chi connectivity index (χ3n) is 7.58. The average molecular weight is 447 g/mol. The monoisotopic (exact) mass is 446 g/mol. The fourth-order valence-corrected chi connectivity index (χ4v) is 4.95. The second-order valence-corrected chi connectivity index (χ2v) is 10.3. The summed E-state index contributed by atoms with van der Waals surface area (Å²) in [5, 5.41) is 19.9. The van der Waals surface area contributed by atoms with E-state index >= 15 is 0 Å². The second-order valence-electron chi connectivity index (χ2n) is 10.3. The predicted molar refractivity (Wildman–Crippen MR) is 122 cm³/mol. The van der Waals surface area contributed by atoms with Crippen molar-refractivity contribution in [2.75, 3.05) is 0 Å². The number of epoxide rings is 1. The SMILES string of the molecule is CC(C)=C1CC2(C)C(=CCC(OC(=O)C(C)C(O)C3OC3C=CCC(C)O)C2C)CC1=O. The molecule has 0 spiro atoms. The number of allylic oxidation sites excluding steroid dienone is 3. The van der Waals surface area contributed by atoms with E-state index in [2.05, 4.69) is 19.9 Å². The molecule has 6 heteroatoms. The summed E-state index contributed by atoms with van der Waals surface area (Å²) in [6.45, 7) is 11.6. The van der Waals surface area contributed by atoms with Gasteiger partial charge in [-0.1, -0.05) is 43.2 Å². The Bertz CT molecular complexity index is 833. The highest BCUT2D eigenvalue weighted by Crippen LogP contribution is 2.52. The third-order valence-corrected chi connectivity index (χ3v) is 7.58. The van der Waals surface area contributed by atoms with E-state index in [1.165, 1.54) is 0 Å². The Morgan fingerprint density at radius 2 is 2.03 bits per heavy atom. The first-order valence-electron chi connectivity index (χ1n) is 11.7. The third kappa shape index (κ3) is 5.08. The number of fused-ring (bicyclic) bond motifs is 1. The highest BCUT2D eigenvalue weighted by Gasteiger charge is 2.49. The Morgan fingerprint density at radius 3 is 2.66 bits per heavy atom. The Labute approximate surface area is 191 Å². The van der Waals surface area contributed by atoms with Crippen molar-refractivity contribution >= 4 is 11.8 Å². The number of esters is 1. The minimum absolute atomic E-state index is 0.0616. The summed E-state index contributed by atoms with van der Waals surface area (Å²) in [5.74, 6) is -0.866. The van der Waals surface area contributed by atoms with Crippen LogP contribution in [0.25, 0.3) is 0 Å². The van der Waals surface area contributed by atoms with Crippen LogP contribution in [0.4, 0.5) is 0 Å². The number of aliphatic hydroxyl groups excluding tert-OH is 2. The molecule has 2 aliphatic carbocycles. The van der Waals surface area contributed by atoms with Crippen LogP contribution in [0.5, 0.6) is 0 Å². The van der Waals surface area contributed by atoms with E-state index in [9.17, 15) is 19.8 Å². The number of aliphatic hydroxyl groups is 2. The first kappa shape index (κ1) is 24.9. The molecule has 0 aromatic rings. The van der Waals surface area contributed by atoms with Gasteiger partial charge in [-0.25, -0.2) is 0 Å². The molecule has 8 atom stereocenters. The van der Waals surface area contributed by atoms with Crippen LogP contribution in [0.15, 0.2) is 34.9 Å². The van der Waals surface area contributed by atoms with Gasteiger partial charge in [0.25, 0.3) is 0 Å². The van der Waals surface area contributed by atoms with Crippen molar-refractivity contribution in [1.82, 2.24) is 0 Å². The van der Waals surface area contributed by atoms with Gasteiger partial charge in [0.1, 0.15) is 18.3 Å². The zero-order valence-corrected chi connectivity index (χ0v) is 20.1. The van der Waals surface area contributed by atoms with Crippen molar-refractivity contribution in [3.63, 3.8) is 0 Å². The zero-order chi connectivity index (χ0) is 23.8. The maximum atomic E-state index is 12.9. The Hall–Kier alpha value is -1.76. The van der Waals surface area contributed by atoms with E-state index in [1.807, 2.05) is 26.0 Å². The molecule has 32 heavy (non-hydrogen) atoms. The summed E-state index contributed by atoms with van der Waals surface area (Å²) in [6, 6.07) is 0. The summed E-state index contributed by atoms with van der Waals surface area (Å²) in [6.07, 6.45) is 5.61. The Kier molecular flexibility index (Phi) is 7.48. The van der Waals surface area contributed by atoms with Crippen LogP contribution in [0, 0.1) is 17.3 Å². The molecule has 0 aromatic carbocycles. The Balaban J connectivity index is 1.61. The number of carbonyl (C=O) groups is 2. The van der Waals surface area contributed by atoms with Crippen LogP contribution < -0.4 is 0 Å². The lowest BCUT2D eigenvalue weighted by Crippen LogP contribution is -2.45. The molecule has 1 saturated heterocycles. The molecule has 178 valence electrons. The molecule has 0 bridgehead atoms. The first-order valence-corrected chi connectivity index (χ1v) is 11.7. The molecule has 8 unspecified atom stereocenters. The van der Waals surface area contributed by atoms with Gasteiger partial charge in [-0.3, -0.25) is 9.59 Å². The number of hydrogen-bond donors (Lipinski definition) is 2. The molecule has 2 N–H and O–H groups in total. The van der Waals surface area contributed by atoms with Gasteiger partial charge in [0.2, 0.25) is 0 Å². The first-order chi connectivity index (χ1) is 15.0. The van der Waals surface area contributed by atoms with Gasteiger partial charge < -0.3 is 19.7 Å². The van der Waals surface area contributed by atoms with Crippen LogP contribution in [-0.4, -0.2) is 52.5 Å². The van der Waals surface area contributed by atoms with Gasteiger partial charge >= 0.3 is 5.97 Å². The van der Waals surface area contributed by atoms with Crippen molar-refractivity contribution in [2.45, 2.75) is 97.7 Å². The number of ether oxygens (including phenoxy) is 2. The van der Waals surface area contributed by atoms with Gasteiger partial charge in [0.05, 0.1) is 18.1 Å². The quantitative estimate of drug-likeness (QED) is 0.268. The molecule has 1 heterocycles. The normalized spacial score (nSPS) is 35.1. The molecule has 2 fully saturated rings. The van der Waals surface area contributed by atoms with Gasteiger partial charge in [0.15, 0.2) is 5.78 Å². The maximum Gasteiger partial charge on any atom is 0.311 e. The van der Waals surface area contributed by atoms with E-state index in [-0.39, 0.29) is 29.3 Å². The summed E-state index contributed by atoms with van der Waals surface area (Å²) < 4.78 is 11.4. The van der Waals surface area contributed by atoms with Crippen LogP contribution >= 0.6 is 0 Å². The predicted octanol–water partition coefficient (Wildman–Crippen LogP) is 3.66. The van der Waals surface area contributed by atoms with Gasteiger partial charge in [-0.15, -0.1) is 0 Å². The molecular weight excluding hydrogens is 408 g/mol. The topological polar surface area (TPSA) is 96.4 Å². The number of Topliss-reactive ketones (excluding diaryl/α,β-unsaturated/α-hetero) is 1. The Morgan fingerprint density at radius 1 is 1.34 bits per heavy atom. The molecule has 1 aliphatic heterocycles. The van der Waals surface area contributed by atoms with Crippen molar-refractivity contribution in [1.29, 1.82) is 0 Å². The smallest absolute Gasteiger partial charge is 0.311 e. The second kappa shape index (κ2) is 9.62. The molecule has 1 saturated carbocycles. The van der Waals surface area contributed by atoms with E-state index in [4.69, 9.17) is 9.47 Å². The zero-order valence-electron chi connectivity index (χ0n) is 20.1. The van der Waals surface area contributed by atoms with Crippen LogP contribution in [0.3, 0.4) is 0 Å². The summed E-state index contributed by atoms with van der Waals surface area (Å²) >= 11 is 0. The van der Waals surface area contributed by atoms with E-state index in [0.29, 0.717) is 25.7 Å². The van der Waals surface area contributed by atoms with Crippen molar-refractivity contribution in [3.05, 3.63) is 34.9 Å². The highest BCUT2D eigenvalue weighted by molar-refractivity contribution is 5.99. The lowest BCUT2D eigenvalue weighted by Gasteiger charge is -2.47. The molecule has 3 aliphatic rings. The molecule has 6 nitrogen and oxygen atoms in total. The maximum absolute atomic E-state index is 12.9. The standard InChI is InChI=1S/C26H38O6/c1-14(2)19-13-26(6)17(5)21(11-10-18(26)12-20(19)28)32-25(30)16(4)23(29)24-22(31-24)9-7-8-15(3)27/h7,9-10,15-17,21-24,27,29H,8,11-13H2,1-6H3. The highest BCUT2D eigenvalue weighted by atomic mass is 16.6. The molecular formula is C26H38O6. The van der Waals surface area contributed by atoms with Gasteiger partial charge in [-0.2, -0.15) is 0 Å². The van der Waals surface area contributed by atoms with Crippen LogP contribution in [-0.2, 0) is 19.1 Å². The number of carbonyl (C=O) groups excluding carboxylic acids is 2.